The van der Waals surface area contributed by atoms with E-state index in [1.54, 1.807) is 12.1 Å². The third kappa shape index (κ3) is 6.56. The quantitative estimate of drug-likeness (QED) is 0.651. The van der Waals surface area contributed by atoms with Crippen LogP contribution < -0.4 is 10.1 Å². The van der Waals surface area contributed by atoms with E-state index in [0.717, 1.165) is 6.42 Å². The largest absolute Gasteiger partial charge is 0.491 e. The van der Waals surface area contributed by atoms with Gasteiger partial charge in [0.1, 0.15) is 0 Å². The second kappa shape index (κ2) is 9.76. The maximum Gasteiger partial charge on any atom is 0.308 e. The monoisotopic (exact) mass is 311 g/mol. The van der Waals surface area contributed by atoms with E-state index < -0.39 is 17.7 Å². The first-order valence-electron chi connectivity index (χ1n) is 7.41. The Bertz CT molecular complexity index is 493. The summed E-state index contributed by atoms with van der Waals surface area (Å²) in [6, 6.07) is 6.08. The van der Waals surface area contributed by atoms with Crippen molar-refractivity contribution in [1.29, 1.82) is 0 Å². The van der Waals surface area contributed by atoms with Gasteiger partial charge in [-0.1, -0.05) is 25.5 Å². The summed E-state index contributed by atoms with van der Waals surface area (Å²) >= 11 is 0. The van der Waals surface area contributed by atoms with E-state index in [0.29, 0.717) is 12.8 Å². The van der Waals surface area contributed by atoms with Crippen molar-refractivity contribution >= 4 is 11.9 Å². The summed E-state index contributed by atoms with van der Waals surface area (Å²) in [4.78, 5) is 22.6. The highest BCUT2D eigenvalue weighted by atomic mass is 19.1. The predicted octanol–water partition coefficient (Wildman–Crippen LogP) is 2.60. The number of nitrogens with one attached hydrogen (secondary N) is 1. The van der Waals surface area contributed by atoms with Crippen molar-refractivity contribution in [3.05, 3.63) is 30.1 Å². The van der Waals surface area contributed by atoms with Gasteiger partial charge in [-0.05, 0) is 25.0 Å². The number of benzene rings is 1. The molecule has 0 saturated heterocycles. The van der Waals surface area contributed by atoms with E-state index >= 15 is 0 Å². The molecule has 1 rings (SSSR count). The molecule has 1 aromatic carbocycles. The van der Waals surface area contributed by atoms with Crippen LogP contribution in [-0.4, -0.2) is 30.1 Å². The first-order chi connectivity index (χ1) is 10.5. The van der Waals surface area contributed by atoms with Gasteiger partial charge in [0, 0.05) is 13.0 Å². The van der Waals surface area contributed by atoms with Gasteiger partial charge in [-0.2, -0.15) is 0 Å². The number of rotatable bonds is 10. The van der Waals surface area contributed by atoms with Crippen LogP contribution in [0.15, 0.2) is 24.3 Å². The Morgan fingerprint density at radius 2 is 2.09 bits per heavy atom. The van der Waals surface area contributed by atoms with Crippen molar-refractivity contribution in [1.82, 2.24) is 5.32 Å². The molecule has 0 aliphatic carbocycles. The number of carboxylic acids is 1. The topological polar surface area (TPSA) is 75.6 Å². The highest BCUT2D eigenvalue weighted by Crippen LogP contribution is 2.15. The van der Waals surface area contributed by atoms with E-state index in [-0.39, 0.29) is 31.2 Å². The lowest BCUT2D eigenvalue weighted by Gasteiger charge is -2.12. The summed E-state index contributed by atoms with van der Waals surface area (Å²) < 4.78 is 18.5. The SMILES string of the molecule is CCCC(CNC(=O)CCCOc1ccccc1F)C(=O)O. The maximum absolute atomic E-state index is 13.3. The molecule has 0 aliphatic heterocycles. The molecule has 0 bridgehead atoms. The van der Waals surface area contributed by atoms with Gasteiger partial charge in [0.05, 0.1) is 12.5 Å². The fourth-order valence-corrected chi connectivity index (χ4v) is 1.96. The molecule has 1 unspecified atom stereocenters. The number of carbonyl (C=O) groups is 2. The summed E-state index contributed by atoms with van der Waals surface area (Å²) in [6.45, 7) is 2.26. The first-order valence-corrected chi connectivity index (χ1v) is 7.41. The normalized spacial score (nSPS) is 11.7. The van der Waals surface area contributed by atoms with Crippen LogP contribution >= 0.6 is 0 Å². The average Bonchev–Trinajstić information content (AvgIpc) is 2.49. The maximum atomic E-state index is 13.3. The molecule has 0 aromatic heterocycles. The minimum Gasteiger partial charge on any atom is -0.491 e. The van der Waals surface area contributed by atoms with E-state index in [9.17, 15) is 14.0 Å². The number of halogens is 1. The number of aliphatic carboxylic acids is 1. The number of carboxylic acid groups (broad SMARTS) is 1. The zero-order valence-corrected chi connectivity index (χ0v) is 12.7. The third-order valence-corrected chi connectivity index (χ3v) is 3.17. The molecule has 0 fully saturated rings. The fourth-order valence-electron chi connectivity index (χ4n) is 1.96. The van der Waals surface area contributed by atoms with Crippen molar-refractivity contribution in [3.63, 3.8) is 0 Å². The molecule has 0 saturated carbocycles. The van der Waals surface area contributed by atoms with Crippen molar-refractivity contribution in [2.75, 3.05) is 13.2 Å². The van der Waals surface area contributed by atoms with Crippen molar-refractivity contribution in [2.24, 2.45) is 5.92 Å². The van der Waals surface area contributed by atoms with E-state index in [1.165, 1.54) is 12.1 Å². The highest BCUT2D eigenvalue weighted by Gasteiger charge is 2.16. The van der Waals surface area contributed by atoms with Gasteiger partial charge in [-0.25, -0.2) is 4.39 Å². The molecule has 2 N–H and O–H groups in total. The Kier molecular flexibility index (Phi) is 7.96. The third-order valence-electron chi connectivity index (χ3n) is 3.17. The van der Waals surface area contributed by atoms with Crippen LogP contribution in [0.5, 0.6) is 5.75 Å². The molecule has 22 heavy (non-hydrogen) atoms. The average molecular weight is 311 g/mol. The molecule has 5 nitrogen and oxygen atoms in total. The van der Waals surface area contributed by atoms with Gasteiger partial charge in [0.15, 0.2) is 11.6 Å². The van der Waals surface area contributed by atoms with Crippen LogP contribution in [-0.2, 0) is 9.59 Å². The Morgan fingerprint density at radius 1 is 1.36 bits per heavy atom. The lowest BCUT2D eigenvalue weighted by Crippen LogP contribution is -2.32. The van der Waals surface area contributed by atoms with Crippen LogP contribution in [0.4, 0.5) is 4.39 Å². The molecule has 1 amide bonds. The molecule has 0 aliphatic rings. The molecule has 6 heteroatoms. The second-order valence-electron chi connectivity index (χ2n) is 5.01. The molecule has 0 spiro atoms. The van der Waals surface area contributed by atoms with Crippen molar-refractivity contribution in [3.8, 4) is 5.75 Å². The Hall–Kier alpha value is -2.11. The van der Waals surface area contributed by atoms with E-state index in [1.807, 2.05) is 6.92 Å². The van der Waals surface area contributed by atoms with Crippen molar-refractivity contribution < 1.29 is 23.8 Å². The van der Waals surface area contributed by atoms with Gasteiger partial charge < -0.3 is 15.2 Å². The van der Waals surface area contributed by atoms with Crippen LogP contribution in [0, 0.1) is 11.7 Å². The molecule has 0 radical (unpaired) electrons. The Morgan fingerprint density at radius 3 is 2.73 bits per heavy atom. The summed E-state index contributed by atoms with van der Waals surface area (Å²) in [5.74, 6) is -1.94. The molecular formula is C16H22FNO4. The van der Waals surface area contributed by atoms with Crippen molar-refractivity contribution in [2.45, 2.75) is 32.6 Å². The van der Waals surface area contributed by atoms with E-state index in [4.69, 9.17) is 9.84 Å². The number of hydrogen-bond donors (Lipinski definition) is 2. The zero-order chi connectivity index (χ0) is 16.4. The number of carbonyl (C=O) groups excluding carboxylic acids is 1. The smallest absolute Gasteiger partial charge is 0.308 e. The van der Waals surface area contributed by atoms with Crippen LogP contribution in [0.3, 0.4) is 0 Å². The molecular weight excluding hydrogens is 289 g/mol. The number of para-hydroxylation sites is 1. The summed E-state index contributed by atoms with van der Waals surface area (Å²) in [7, 11) is 0. The molecule has 122 valence electrons. The zero-order valence-electron chi connectivity index (χ0n) is 12.7. The molecule has 0 heterocycles. The molecule has 1 aromatic rings. The Labute approximate surface area is 129 Å². The second-order valence-corrected chi connectivity index (χ2v) is 5.01. The van der Waals surface area contributed by atoms with Gasteiger partial charge in [0.2, 0.25) is 5.91 Å². The number of ether oxygens (including phenoxy) is 1. The summed E-state index contributed by atoms with van der Waals surface area (Å²) in [5, 5.41) is 11.6. The lowest BCUT2D eigenvalue weighted by atomic mass is 10.0. The van der Waals surface area contributed by atoms with Gasteiger partial charge in [-0.3, -0.25) is 9.59 Å². The van der Waals surface area contributed by atoms with Crippen LogP contribution in [0.25, 0.3) is 0 Å². The predicted molar refractivity (Wildman–Crippen MR) is 80.2 cm³/mol. The number of amides is 1. The van der Waals surface area contributed by atoms with Crippen LogP contribution in [0.1, 0.15) is 32.6 Å². The summed E-state index contributed by atoms with van der Waals surface area (Å²) in [6.07, 6.45) is 1.94. The Balaban J connectivity index is 2.20. The van der Waals surface area contributed by atoms with Crippen LogP contribution in [0.2, 0.25) is 0 Å². The molecule has 1 atom stereocenters. The van der Waals surface area contributed by atoms with Gasteiger partial charge >= 0.3 is 5.97 Å². The minimum absolute atomic E-state index is 0.135. The fraction of sp³-hybridized carbons (Fsp3) is 0.500. The van der Waals surface area contributed by atoms with Gasteiger partial charge in [0.25, 0.3) is 0 Å². The standard InChI is InChI=1S/C16H22FNO4/c1-2-6-12(16(20)21)11-18-15(19)9-5-10-22-14-8-4-3-7-13(14)17/h3-4,7-8,12H,2,5-6,9-11H2,1H3,(H,18,19)(H,20,21). The minimum atomic E-state index is -0.898. The van der Waals surface area contributed by atoms with Gasteiger partial charge in [-0.15, -0.1) is 0 Å². The lowest BCUT2D eigenvalue weighted by molar-refractivity contribution is -0.141. The summed E-state index contributed by atoms with van der Waals surface area (Å²) in [5.41, 5.74) is 0. The first kappa shape index (κ1) is 17.9. The number of hydrogen-bond acceptors (Lipinski definition) is 3. The highest BCUT2D eigenvalue weighted by molar-refractivity contribution is 5.77. The van der Waals surface area contributed by atoms with E-state index in [2.05, 4.69) is 5.32 Å².